The zero-order valence-electron chi connectivity index (χ0n) is 22.2. The number of hydrogen-bond donors (Lipinski definition) is 1. The van der Waals surface area contributed by atoms with Crippen molar-refractivity contribution in [3.63, 3.8) is 0 Å². The lowest BCUT2D eigenvalue weighted by Gasteiger charge is -2.21. The van der Waals surface area contributed by atoms with E-state index in [9.17, 15) is 0 Å². The Bertz CT molecular complexity index is 329. The van der Waals surface area contributed by atoms with Crippen LogP contribution < -0.4 is 5.73 Å². The molecule has 0 aromatic rings. The van der Waals surface area contributed by atoms with Gasteiger partial charge in [-0.05, 0) is 19.8 Å². The van der Waals surface area contributed by atoms with Crippen molar-refractivity contribution in [3.8, 4) is 0 Å². The maximum atomic E-state index is 6.10. The van der Waals surface area contributed by atoms with Crippen LogP contribution in [-0.2, 0) is 9.47 Å². The second-order valence-corrected chi connectivity index (χ2v) is 9.71. The van der Waals surface area contributed by atoms with E-state index in [0.29, 0.717) is 6.61 Å². The second-order valence-electron chi connectivity index (χ2n) is 9.71. The fourth-order valence-corrected chi connectivity index (χ4v) is 4.07. The van der Waals surface area contributed by atoms with E-state index in [0.717, 1.165) is 19.6 Å². The largest absolute Gasteiger partial charge is 0.379 e. The first-order valence-electron chi connectivity index (χ1n) is 14.2. The molecule has 0 bridgehead atoms. The topological polar surface area (TPSA) is 44.5 Å². The third kappa shape index (κ3) is 26.6. The fourth-order valence-electron chi connectivity index (χ4n) is 4.07. The highest BCUT2D eigenvalue weighted by molar-refractivity contribution is 8.93. The fraction of sp³-hybridized carbons (Fsp3) is 1.00. The van der Waals surface area contributed by atoms with Gasteiger partial charge in [0.25, 0.3) is 0 Å². The Morgan fingerprint density at radius 3 is 1.25 bits per heavy atom. The van der Waals surface area contributed by atoms with E-state index < -0.39 is 0 Å². The first kappa shape index (κ1) is 34.5. The summed E-state index contributed by atoms with van der Waals surface area (Å²) in [6.07, 6.45) is 27.2. The Balaban J connectivity index is 0. The molecule has 32 heavy (non-hydrogen) atoms. The summed E-state index contributed by atoms with van der Waals surface area (Å²) >= 11 is 0. The predicted octanol–water partition coefficient (Wildman–Crippen LogP) is 9.16. The van der Waals surface area contributed by atoms with Crippen molar-refractivity contribution in [2.75, 3.05) is 19.8 Å². The highest BCUT2D eigenvalue weighted by Gasteiger charge is 2.14. The molecule has 0 aliphatic carbocycles. The number of halogens is 1. The molecule has 2 N–H and O–H groups in total. The highest BCUT2D eigenvalue weighted by Crippen LogP contribution is 2.12. The van der Waals surface area contributed by atoms with E-state index in [-0.39, 0.29) is 29.1 Å². The third-order valence-corrected chi connectivity index (χ3v) is 6.34. The van der Waals surface area contributed by atoms with Gasteiger partial charge in [0.1, 0.15) is 0 Å². The predicted molar refractivity (Wildman–Crippen MR) is 148 cm³/mol. The highest BCUT2D eigenvalue weighted by atomic mass is 79.9. The first-order chi connectivity index (χ1) is 15.2. The molecule has 0 amide bonds. The van der Waals surface area contributed by atoms with Crippen molar-refractivity contribution >= 4 is 17.0 Å². The summed E-state index contributed by atoms with van der Waals surface area (Å²) in [5.74, 6) is 0. The summed E-state index contributed by atoms with van der Waals surface area (Å²) in [4.78, 5) is 0. The number of rotatable bonds is 26. The van der Waals surface area contributed by atoms with Gasteiger partial charge in [0.2, 0.25) is 0 Å². The normalized spacial score (nSPS) is 13.1. The van der Waals surface area contributed by atoms with Crippen molar-refractivity contribution in [1.29, 1.82) is 0 Å². The van der Waals surface area contributed by atoms with Gasteiger partial charge in [-0.1, -0.05) is 129 Å². The van der Waals surface area contributed by atoms with Gasteiger partial charge < -0.3 is 15.2 Å². The van der Waals surface area contributed by atoms with Crippen LogP contribution in [0.5, 0.6) is 0 Å². The molecule has 2 unspecified atom stereocenters. The molecule has 0 aliphatic rings. The molecule has 2 atom stereocenters. The maximum Gasteiger partial charge on any atom is 0.0956 e. The molecule has 4 heteroatoms. The number of hydrogen-bond acceptors (Lipinski definition) is 3. The van der Waals surface area contributed by atoms with Crippen molar-refractivity contribution < 1.29 is 9.47 Å². The lowest BCUT2D eigenvalue weighted by molar-refractivity contribution is -0.0280. The quantitative estimate of drug-likeness (QED) is 0.115. The summed E-state index contributed by atoms with van der Waals surface area (Å²) in [6, 6.07) is 0.0378. The van der Waals surface area contributed by atoms with Gasteiger partial charge >= 0.3 is 0 Å². The summed E-state index contributed by atoms with van der Waals surface area (Å²) in [5.41, 5.74) is 6.10. The Labute approximate surface area is 213 Å². The molecule has 0 radical (unpaired) electrons. The van der Waals surface area contributed by atoms with Gasteiger partial charge in [-0.15, -0.1) is 17.0 Å². The van der Waals surface area contributed by atoms with Crippen LogP contribution in [0, 0.1) is 0 Å². The van der Waals surface area contributed by atoms with Crippen molar-refractivity contribution in [3.05, 3.63) is 0 Å². The summed E-state index contributed by atoms with van der Waals surface area (Å²) < 4.78 is 11.9. The maximum absolute atomic E-state index is 6.10. The van der Waals surface area contributed by atoms with Crippen molar-refractivity contribution in [1.82, 2.24) is 0 Å². The zero-order chi connectivity index (χ0) is 22.8. The molecule has 0 fully saturated rings. The molecule has 0 heterocycles. The zero-order valence-corrected chi connectivity index (χ0v) is 23.9. The molecule has 0 rings (SSSR count). The van der Waals surface area contributed by atoms with Crippen molar-refractivity contribution in [2.45, 2.75) is 161 Å². The van der Waals surface area contributed by atoms with Crippen LogP contribution in [0.15, 0.2) is 0 Å². The van der Waals surface area contributed by atoms with Gasteiger partial charge in [0.05, 0.1) is 12.7 Å². The van der Waals surface area contributed by atoms with E-state index in [1.165, 1.54) is 122 Å². The van der Waals surface area contributed by atoms with Gasteiger partial charge in [0, 0.05) is 19.3 Å². The molecule has 196 valence electrons. The minimum absolute atomic E-state index is 0. The van der Waals surface area contributed by atoms with Crippen molar-refractivity contribution in [2.24, 2.45) is 5.73 Å². The Morgan fingerprint density at radius 1 is 0.531 bits per heavy atom. The molecule has 3 nitrogen and oxygen atoms in total. The first-order valence-corrected chi connectivity index (χ1v) is 14.2. The summed E-state index contributed by atoms with van der Waals surface area (Å²) in [5, 5.41) is 0. The van der Waals surface area contributed by atoms with Crippen LogP contribution in [0.2, 0.25) is 0 Å². The molecule has 0 aromatic heterocycles. The molecular formula is C28H60BrNO2. The number of ether oxygens (including phenoxy) is 2. The minimum atomic E-state index is 0. The van der Waals surface area contributed by atoms with Gasteiger partial charge in [0.15, 0.2) is 0 Å². The number of unbranched alkanes of at least 4 members (excludes halogenated alkanes) is 18. The molecule has 0 spiro atoms. The van der Waals surface area contributed by atoms with E-state index in [2.05, 4.69) is 13.8 Å². The van der Waals surface area contributed by atoms with Gasteiger partial charge in [-0.25, -0.2) is 0 Å². The van der Waals surface area contributed by atoms with E-state index >= 15 is 0 Å². The molecule has 0 saturated carbocycles. The van der Waals surface area contributed by atoms with Crippen LogP contribution >= 0.6 is 17.0 Å². The average molecular weight is 523 g/mol. The Kier molecular flexibility index (Phi) is 31.7. The summed E-state index contributed by atoms with van der Waals surface area (Å²) in [6.45, 7) is 8.91. The average Bonchev–Trinajstić information content (AvgIpc) is 2.76. The van der Waals surface area contributed by atoms with Crippen LogP contribution in [0.25, 0.3) is 0 Å². The number of nitrogens with two attached hydrogens (primary N) is 1. The van der Waals surface area contributed by atoms with Crippen LogP contribution in [0.4, 0.5) is 0 Å². The Hall–Kier alpha value is 0.360. The third-order valence-electron chi connectivity index (χ3n) is 6.34. The molecule has 0 aromatic carbocycles. The second kappa shape index (κ2) is 29.4. The van der Waals surface area contributed by atoms with Gasteiger partial charge in [-0.3, -0.25) is 0 Å². The van der Waals surface area contributed by atoms with Crippen LogP contribution in [-0.4, -0.2) is 32.0 Å². The van der Waals surface area contributed by atoms with Crippen LogP contribution in [0.3, 0.4) is 0 Å². The SMILES string of the molecule is Br.CCCCCCCCCCCCOCC(OCCCCCCCCCCCC)C(C)N. The van der Waals surface area contributed by atoms with E-state index in [1.807, 2.05) is 6.92 Å². The molecule has 0 saturated heterocycles. The summed E-state index contributed by atoms with van der Waals surface area (Å²) in [7, 11) is 0. The lowest BCUT2D eigenvalue weighted by atomic mass is 10.1. The lowest BCUT2D eigenvalue weighted by Crippen LogP contribution is -2.38. The van der Waals surface area contributed by atoms with E-state index in [1.54, 1.807) is 0 Å². The van der Waals surface area contributed by atoms with Crippen LogP contribution in [0.1, 0.15) is 149 Å². The standard InChI is InChI=1S/C28H59NO2.BrH/c1-4-6-8-10-12-14-16-18-20-22-24-30-26-28(27(3)29)31-25-23-21-19-17-15-13-11-9-7-5-2;/h27-28H,4-26,29H2,1-3H3;1H. The molecule has 0 aliphatic heterocycles. The molecular weight excluding hydrogens is 462 g/mol. The smallest absolute Gasteiger partial charge is 0.0956 e. The monoisotopic (exact) mass is 521 g/mol. The minimum Gasteiger partial charge on any atom is -0.379 e. The van der Waals surface area contributed by atoms with E-state index in [4.69, 9.17) is 15.2 Å². The Morgan fingerprint density at radius 2 is 0.875 bits per heavy atom. The van der Waals surface area contributed by atoms with Gasteiger partial charge in [-0.2, -0.15) is 0 Å².